The molecule has 0 unspecified atom stereocenters. The van der Waals surface area contributed by atoms with Gasteiger partial charge in [0.05, 0.1) is 0 Å². The van der Waals surface area contributed by atoms with Crippen LogP contribution in [0.2, 0.25) is 0 Å². The Morgan fingerprint density at radius 2 is 1.16 bits per heavy atom. The Kier molecular flexibility index (Phi) is 5.52. The Balaban J connectivity index is 1.74. The van der Waals surface area contributed by atoms with Crippen molar-refractivity contribution in [3.05, 3.63) is 104 Å². The molecule has 0 aliphatic rings. The molecule has 0 heteroatoms. The second-order valence-electron chi connectivity index (χ2n) is 9.54. The van der Waals surface area contributed by atoms with Crippen molar-refractivity contribution in [2.75, 3.05) is 0 Å². The van der Waals surface area contributed by atoms with E-state index in [1.807, 2.05) is 0 Å². The Morgan fingerprint density at radius 1 is 0.548 bits per heavy atom. The van der Waals surface area contributed by atoms with Gasteiger partial charge < -0.3 is 0 Å². The number of benzene rings is 4. The van der Waals surface area contributed by atoms with Gasteiger partial charge in [-0.25, -0.2) is 0 Å². The molecule has 0 fully saturated rings. The highest BCUT2D eigenvalue weighted by Gasteiger charge is 2.12. The smallest absolute Gasteiger partial charge is 0.00203 e. The fourth-order valence-electron chi connectivity index (χ4n) is 5.28. The molecule has 31 heavy (non-hydrogen) atoms. The van der Waals surface area contributed by atoms with E-state index >= 15 is 0 Å². The summed E-state index contributed by atoms with van der Waals surface area (Å²) in [5, 5.41) is 2.73. The summed E-state index contributed by atoms with van der Waals surface area (Å²) in [5.74, 6) is 0. The topological polar surface area (TPSA) is 0 Å². The zero-order chi connectivity index (χ0) is 22.4. The number of hydrogen-bond donors (Lipinski definition) is 0. The average molecular weight is 407 g/mol. The monoisotopic (exact) mass is 406 g/mol. The van der Waals surface area contributed by atoms with Crippen molar-refractivity contribution in [3.63, 3.8) is 0 Å². The minimum absolute atomic E-state index is 0.978. The van der Waals surface area contributed by atoms with E-state index in [0.717, 1.165) is 6.42 Å². The number of rotatable bonds is 3. The first-order chi connectivity index (χ1) is 14.7. The van der Waals surface area contributed by atoms with Gasteiger partial charge in [0.1, 0.15) is 0 Å². The molecular formula is C31H34. The van der Waals surface area contributed by atoms with Gasteiger partial charge in [0.25, 0.3) is 0 Å². The van der Waals surface area contributed by atoms with Gasteiger partial charge in [-0.2, -0.15) is 0 Å². The zero-order valence-corrected chi connectivity index (χ0v) is 20.3. The maximum atomic E-state index is 2.38. The Labute approximate surface area is 188 Å². The van der Waals surface area contributed by atoms with Crippen LogP contribution < -0.4 is 0 Å². The van der Waals surface area contributed by atoms with E-state index in [4.69, 9.17) is 0 Å². The molecule has 0 atom stereocenters. The van der Waals surface area contributed by atoms with Crippen molar-refractivity contribution in [1.82, 2.24) is 0 Å². The zero-order valence-electron chi connectivity index (χ0n) is 20.3. The quantitative estimate of drug-likeness (QED) is 0.319. The lowest BCUT2D eigenvalue weighted by Gasteiger charge is -2.17. The van der Waals surface area contributed by atoms with Crippen molar-refractivity contribution in [1.29, 1.82) is 0 Å². The summed E-state index contributed by atoms with van der Waals surface area (Å²) in [5.41, 5.74) is 16.6. The standard InChI is InChI=1S/C31H34/c1-18-11-22(5)31(23(6)12-18)28-14-20(3)30(21(4)15-28)17-26-9-10-29-25(8)24(7)19(2)13-27(29)16-26/h9-16H,17H2,1-8H3. The van der Waals surface area contributed by atoms with Crippen molar-refractivity contribution >= 4 is 10.8 Å². The first-order valence-electron chi connectivity index (χ1n) is 11.3. The Morgan fingerprint density at radius 3 is 1.77 bits per heavy atom. The van der Waals surface area contributed by atoms with Crippen LogP contribution in [0.15, 0.2) is 48.5 Å². The fraction of sp³-hybridized carbons (Fsp3) is 0.290. The molecule has 0 nitrogen and oxygen atoms in total. The molecule has 0 saturated heterocycles. The summed E-state index contributed by atoms with van der Waals surface area (Å²) in [6.45, 7) is 17.9. The van der Waals surface area contributed by atoms with E-state index < -0.39 is 0 Å². The molecule has 0 aliphatic heterocycles. The third-order valence-electron chi connectivity index (χ3n) is 7.09. The van der Waals surface area contributed by atoms with Gasteiger partial charge in [-0.15, -0.1) is 0 Å². The van der Waals surface area contributed by atoms with Crippen LogP contribution in [-0.2, 0) is 6.42 Å². The molecule has 0 amide bonds. The van der Waals surface area contributed by atoms with Gasteiger partial charge in [-0.1, -0.05) is 54.1 Å². The maximum absolute atomic E-state index is 2.38. The van der Waals surface area contributed by atoms with E-state index in [0.29, 0.717) is 0 Å². The molecule has 0 N–H and O–H groups in total. The Bertz CT molecular complexity index is 1270. The molecule has 0 aromatic heterocycles. The minimum Gasteiger partial charge on any atom is -0.0581 e. The van der Waals surface area contributed by atoms with Gasteiger partial charge in [0, 0.05) is 0 Å². The lowest BCUT2D eigenvalue weighted by atomic mass is 9.88. The Hall–Kier alpha value is -2.86. The summed E-state index contributed by atoms with van der Waals surface area (Å²) in [4.78, 5) is 0. The highest BCUT2D eigenvalue weighted by Crippen LogP contribution is 2.33. The van der Waals surface area contributed by atoms with Crippen molar-refractivity contribution in [3.8, 4) is 11.1 Å². The summed E-state index contributed by atoms with van der Waals surface area (Å²) in [6, 6.07) is 18.7. The normalized spacial score (nSPS) is 11.4. The molecule has 158 valence electrons. The van der Waals surface area contributed by atoms with E-state index in [1.54, 1.807) is 0 Å². The van der Waals surface area contributed by atoms with E-state index in [9.17, 15) is 0 Å². The van der Waals surface area contributed by atoms with Crippen LogP contribution in [-0.4, -0.2) is 0 Å². The van der Waals surface area contributed by atoms with Crippen LogP contribution in [0.3, 0.4) is 0 Å². The summed E-state index contributed by atoms with van der Waals surface area (Å²) in [7, 11) is 0. The van der Waals surface area contributed by atoms with E-state index in [1.165, 1.54) is 77.5 Å². The van der Waals surface area contributed by atoms with Crippen LogP contribution in [0.25, 0.3) is 21.9 Å². The van der Waals surface area contributed by atoms with Crippen LogP contribution in [0.5, 0.6) is 0 Å². The summed E-state index contributed by atoms with van der Waals surface area (Å²) < 4.78 is 0. The molecule has 4 aromatic carbocycles. The van der Waals surface area contributed by atoms with Gasteiger partial charge in [0.2, 0.25) is 0 Å². The highest BCUT2D eigenvalue weighted by atomic mass is 14.2. The molecule has 0 aliphatic carbocycles. The largest absolute Gasteiger partial charge is 0.0581 e. The van der Waals surface area contributed by atoms with E-state index in [2.05, 4.69) is 104 Å². The van der Waals surface area contributed by atoms with Crippen molar-refractivity contribution < 1.29 is 0 Å². The second-order valence-corrected chi connectivity index (χ2v) is 9.54. The van der Waals surface area contributed by atoms with Crippen LogP contribution >= 0.6 is 0 Å². The molecule has 0 spiro atoms. The molecular weight excluding hydrogens is 372 g/mol. The molecule has 0 saturated carbocycles. The molecule has 0 heterocycles. The first-order valence-corrected chi connectivity index (χ1v) is 11.3. The van der Waals surface area contributed by atoms with Crippen LogP contribution in [0, 0.1) is 55.4 Å². The SMILES string of the molecule is Cc1cc(C)c(-c2cc(C)c(Cc3ccc4c(C)c(C)c(C)cc4c3)c(C)c2)c(C)c1. The fourth-order valence-corrected chi connectivity index (χ4v) is 5.28. The number of fused-ring (bicyclic) bond motifs is 1. The lowest BCUT2D eigenvalue weighted by molar-refractivity contribution is 1.12. The van der Waals surface area contributed by atoms with Crippen molar-refractivity contribution in [2.24, 2.45) is 0 Å². The second kappa shape index (κ2) is 8.00. The third kappa shape index (κ3) is 3.92. The van der Waals surface area contributed by atoms with E-state index in [-0.39, 0.29) is 0 Å². The first kappa shape index (κ1) is 21.4. The molecule has 0 radical (unpaired) electrons. The van der Waals surface area contributed by atoms with Gasteiger partial charge >= 0.3 is 0 Å². The number of aryl methyl sites for hydroxylation is 7. The predicted octanol–water partition coefficient (Wildman–Crippen LogP) is 8.56. The third-order valence-corrected chi connectivity index (χ3v) is 7.09. The van der Waals surface area contributed by atoms with Gasteiger partial charge in [-0.3, -0.25) is 0 Å². The lowest BCUT2D eigenvalue weighted by Crippen LogP contribution is -1.99. The van der Waals surface area contributed by atoms with Crippen LogP contribution in [0.4, 0.5) is 0 Å². The van der Waals surface area contributed by atoms with Gasteiger partial charge in [0.15, 0.2) is 0 Å². The van der Waals surface area contributed by atoms with Crippen LogP contribution in [0.1, 0.15) is 55.6 Å². The summed E-state index contributed by atoms with van der Waals surface area (Å²) in [6.07, 6.45) is 0.978. The van der Waals surface area contributed by atoms with Crippen molar-refractivity contribution in [2.45, 2.75) is 61.8 Å². The molecule has 0 bridgehead atoms. The molecule has 4 aromatic rings. The number of hydrogen-bond acceptors (Lipinski definition) is 0. The van der Waals surface area contributed by atoms with Gasteiger partial charge in [-0.05, 0) is 134 Å². The predicted molar refractivity (Wildman–Crippen MR) is 137 cm³/mol. The highest BCUT2D eigenvalue weighted by molar-refractivity contribution is 5.88. The summed E-state index contributed by atoms with van der Waals surface area (Å²) >= 11 is 0. The molecule has 4 rings (SSSR count). The average Bonchev–Trinajstić information content (AvgIpc) is 2.68. The minimum atomic E-state index is 0.978. The maximum Gasteiger partial charge on any atom is -0.00203 e.